The van der Waals surface area contributed by atoms with Crippen LogP contribution in [0.15, 0.2) is 30.7 Å². The molecule has 2 N–H and O–H groups in total. The predicted molar refractivity (Wildman–Crippen MR) is 108 cm³/mol. The third-order valence-corrected chi connectivity index (χ3v) is 4.58. The Balaban J connectivity index is 2.15. The Morgan fingerprint density at radius 3 is 2.64 bits per heavy atom. The van der Waals surface area contributed by atoms with Gasteiger partial charge >= 0.3 is 6.09 Å². The van der Waals surface area contributed by atoms with Crippen molar-refractivity contribution in [3.8, 4) is 5.69 Å². The molecule has 0 aliphatic carbocycles. The summed E-state index contributed by atoms with van der Waals surface area (Å²) in [4.78, 5) is 29.6. The van der Waals surface area contributed by atoms with E-state index in [1.54, 1.807) is 34.2 Å². The van der Waals surface area contributed by atoms with Crippen LogP contribution in [0.2, 0.25) is 5.15 Å². The van der Waals surface area contributed by atoms with Crippen LogP contribution >= 0.6 is 11.6 Å². The van der Waals surface area contributed by atoms with Crippen molar-refractivity contribution in [1.82, 2.24) is 14.8 Å². The van der Waals surface area contributed by atoms with E-state index in [0.717, 1.165) is 5.69 Å². The first-order chi connectivity index (χ1) is 13.1. The Kier molecular flexibility index (Phi) is 7.01. The lowest BCUT2D eigenvalue weighted by atomic mass is 9.86. The quantitative estimate of drug-likeness (QED) is 0.755. The maximum absolute atomic E-state index is 12.8. The number of carbonyl (C=O) groups excluding carboxylic acids is 2. The molecule has 0 aromatic carbocycles. The highest BCUT2D eigenvalue weighted by Gasteiger charge is 2.29. The minimum absolute atomic E-state index is 0.141. The Morgan fingerprint density at radius 2 is 2.11 bits per heavy atom. The van der Waals surface area contributed by atoms with Gasteiger partial charge in [0, 0.05) is 19.2 Å². The summed E-state index contributed by atoms with van der Waals surface area (Å²) in [7, 11) is 0. The van der Waals surface area contributed by atoms with Gasteiger partial charge in [-0.25, -0.2) is 9.48 Å². The summed E-state index contributed by atoms with van der Waals surface area (Å²) in [5.41, 5.74) is 6.08. The number of amides is 2. The van der Waals surface area contributed by atoms with Gasteiger partial charge in [0.25, 0.3) is 0 Å². The van der Waals surface area contributed by atoms with Crippen molar-refractivity contribution in [2.75, 3.05) is 11.4 Å². The van der Waals surface area contributed by atoms with Gasteiger partial charge in [0.05, 0.1) is 18.1 Å². The number of carbonyl (C=O) groups is 2. The van der Waals surface area contributed by atoms with Crippen molar-refractivity contribution < 1.29 is 14.3 Å². The topological polar surface area (TPSA) is 103 Å². The molecule has 0 fully saturated rings. The van der Waals surface area contributed by atoms with E-state index in [0.29, 0.717) is 18.7 Å². The highest BCUT2D eigenvalue weighted by atomic mass is 35.5. The van der Waals surface area contributed by atoms with E-state index in [9.17, 15) is 9.59 Å². The minimum atomic E-state index is -0.847. The normalized spacial score (nSPS) is 12.5. The molecule has 9 heteroatoms. The molecule has 0 saturated heterocycles. The SMILES string of the molecule is CCN(C(=O)CCC(OC(N)=O)C(C)(C)C)c1cn(-c2cccnc2)nc1Cl. The van der Waals surface area contributed by atoms with Gasteiger partial charge in [-0.3, -0.25) is 9.78 Å². The summed E-state index contributed by atoms with van der Waals surface area (Å²) in [6.07, 6.45) is 4.23. The maximum Gasteiger partial charge on any atom is 0.404 e. The molecule has 8 nitrogen and oxygen atoms in total. The fraction of sp³-hybridized carbons (Fsp3) is 0.474. The van der Waals surface area contributed by atoms with Crippen molar-refractivity contribution >= 4 is 29.3 Å². The van der Waals surface area contributed by atoms with Gasteiger partial charge in [-0.05, 0) is 30.9 Å². The number of anilines is 1. The number of hydrogen-bond donors (Lipinski definition) is 1. The zero-order valence-corrected chi connectivity index (χ0v) is 17.3. The molecule has 0 saturated carbocycles. The highest BCUT2D eigenvalue weighted by Crippen LogP contribution is 2.29. The smallest absolute Gasteiger partial charge is 0.404 e. The van der Waals surface area contributed by atoms with E-state index in [1.807, 2.05) is 33.8 Å². The van der Waals surface area contributed by atoms with Crippen LogP contribution in [0.1, 0.15) is 40.5 Å². The second kappa shape index (κ2) is 9.05. The molecule has 2 aromatic heterocycles. The maximum atomic E-state index is 12.8. The van der Waals surface area contributed by atoms with E-state index in [2.05, 4.69) is 10.1 Å². The minimum Gasteiger partial charge on any atom is -0.446 e. The van der Waals surface area contributed by atoms with Crippen LogP contribution in [0.3, 0.4) is 0 Å². The third kappa shape index (κ3) is 5.45. The molecular weight excluding hydrogens is 382 g/mol. The van der Waals surface area contributed by atoms with Crippen LogP contribution in [0, 0.1) is 5.41 Å². The van der Waals surface area contributed by atoms with Crippen molar-refractivity contribution in [2.24, 2.45) is 11.1 Å². The van der Waals surface area contributed by atoms with Gasteiger partial charge in [-0.15, -0.1) is 0 Å². The standard InChI is InChI=1S/C19H26ClN5O3/c1-5-24(16(26)9-8-15(19(2,3)4)28-18(21)27)14-12-25(23-17(14)20)13-7-6-10-22-11-13/h6-7,10-12,15H,5,8-9H2,1-4H3,(H2,21,27). The van der Waals surface area contributed by atoms with Crippen LogP contribution in [0.4, 0.5) is 10.5 Å². The van der Waals surface area contributed by atoms with Gasteiger partial charge in [0.15, 0.2) is 5.15 Å². The lowest BCUT2D eigenvalue weighted by Crippen LogP contribution is -2.36. The van der Waals surface area contributed by atoms with Gasteiger partial charge < -0.3 is 15.4 Å². The van der Waals surface area contributed by atoms with Gasteiger partial charge in [-0.1, -0.05) is 32.4 Å². The van der Waals surface area contributed by atoms with Crippen molar-refractivity contribution in [3.05, 3.63) is 35.9 Å². The van der Waals surface area contributed by atoms with Crippen LogP contribution in [-0.2, 0) is 9.53 Å². The number of ether oxygens (including phenoxy) is 1. The molecule has 152 valence electrons. The zero-order valence-electron chi connectivity index (χ0n) is 16.6. The number of nitrogens with two attached hydrogens (primary N) is 1. The Bertz CT molecular complexity index is 817. The first kappa shape index (κ1) is 21.7. The number of aromatic nitrogens is 3. The molecule has 0 radical (unpaired) electrons. The van der Waals surface area contributed by atoms with Gasteiger partial charge in [0.1, 0.15) is 11.8 Å². The molecule has 0 aliphatic heterocycles. The largest absolute Gasteiger partial charge is 0.446 e. The molecule has 1 atom stereocenters. The Morgan fingerprint density at radius 1 is 1.39 bits per heavy atom. The Labute approximate surface area is 169 Å². The van der Waals surface area contributed by atoms with Crippen molar-refractivity contribution in [1.29, 1.82) is 0 Å². The van der Waals surface area contributed by atoms with Crippen LogP contribution in [0.25, 0.3) is 5.69 Å². The molecule has 2 heterocycles. The van der Waals surface area contributed by atoms with E-state index in [-0.39, 0.29) is 22.9 Å². The third-order valence-electron chi connectivity index (χ3n) is 4.31. The van der Waals surface area contributed by atoms with Crippen LogP contribution in [0.5, 0.6) is 0 Å². The molecule has 28 heavy (non-hydrogen) atoms. The van der Waals surface area contributed by atoms with E-state index < -0.39 is 12.2 Å². The Hall–Kier alpha value is -2.61. The second-order valence-electron chi connectivity index (χ2n) is 7.43. The van der Waals surface area contributed by atoms with E-state index in [4.69, 9.17) is 22.1 Å². The number of pyridine rings is 1. The van der Waals surface area contributed by atoms with Gasteiger partial charge in [0.2, 0.25) is 5.91 Å². The molecule has 0 aliphatic rings. The fourth-order valence-corrected chi connectivity index (χ4v) is 3.06. The van der Waals surface area contributed by atoms with Gasteiger partial charge in [-0.2, -0.15) is 5.10 Å². The lowest BCUT2D eigenvalue weighted by molar-refractivity contribution is -0.119. The second-order valence-corrected chi connectivity index (χ2v) is 7.79. The van der Waals surface area contributed by atoms with E-state index >= 15 is 0 Å². The van der Waals surface area contributed by atoms with E-state index in [1.165, 1.54) is 0 Å². The number of nitrogens with zero attached hydrogens (tertiary/aromatic N) is 4. The summed E-state index contributed by atoms with van der Waals surface area (Å²) in [6, 6.07) is 3.63. The molecule has 1 unspecified atom stereocenters. The molecule has 2 aromatic rings. The first-order valence-corrected chi connectivity index (χ1v) is 9.43. The molecule has 0 spiro atoms. The summed E-state index contributed by atoms with van der Waals surface area (Å²) in [6.45, 7) is 8.07. The average molecular weight is 408 g/mol. The van der Waals surface area contributed by atoms with Crippen LogP contribution < -0.4 is 10.6 Å². The molecular formula is C19H26ClN5O3. The first-order valence-electron chi connectivity index (χ1n) is 9.05. The average Bonchev–Trinajstić information content (AvgIpc) is 3.00. The highest BCUT2D eigenvalue weighted by molar-refractivity contribution is 6.32. The predicted octanol–water partition coefficient (Wildman–Crippen LogP) is 3.56. The molecule has 2 rings (SSSR count). The number of primary amides is 1. The fourth-order valence-electron chi connectivity index (χ4n) is 2.83. The van der Waals surface area contributed by atoms with Crippen molar-refractivity contribution in [3.63, 3.8) is 0 Å². The molecule has 2 amide bonds. The lowest BCUT2D eigenvalue weighted by Gasteiger charge is -2.30. The monoisotopic (exact) mass is 407 g/mol. The summed E-state index contributed by atoms with van der Waals surface area (Å²) in [5.74, 6) is -0.141. The summed E-state index contributed by atoms with van der Waals surface area (Å²) < 4.78 is 6.77. The van der Waals surface area contributed by atoms with Crippen molar-refractivity contribution in [2.45, 2.75) is 46.6 Å². The number of rotatable bonds is 7. The summed E-state index contributed by atoms with van der Waals surface area (Å²) in [5, 5.41) is 4.49. The van der Waals surface area contributed by atoms with Crippen LogP contribution in [-0.4, -0.2) is 39.4 Å². The molecule has 0 bridgehead atoms. The number of hydrogen-bond acceptors (Lipinski definition) is 5. The zero-order chi connectivity index (χ0) is 20.9. The summed E-state index contributed by atoms with van der Waals surface area (Å²) >= 11 is 6.28. The number of halogens is 1.